The maximum atomic E-state index is 12.9. The fraction of sp³-hybridized carbons (Fsp3) is 0.467. The van der Waals surface area contributed by atoms with Gasteiger partial charge in [-0.25, -0.2) is 13.4 Å². The van der Waals surface area contributed by atoms with E-state index < -0.39 is 22.1 Å². The summed E-state index contributed by atoms with van der Waals surface area (Å²) in [7, 11) is -4.11. The molecule has 0 unspecified atom stereocenters. The zero-order chi connectivity index (χ0) is 32.4. The van der Waals surface area contributed by atoms with E-state index in [0.29, 0.717) is 17.4 Å². The number of nitrogens with one attached hydrogen (secondary N) is 2. The Hall–Kier alpha value is -3.12. The van der Waals surface area contributed by atoms with Crippen LogP contribution in [0, 0.1) is 0 Å². The summed E-state index contributed by atoms with van der Waals surface area (Å²) in [5.74, 6) is 0.427. The van der Waals surface area contributed by atoms with Gasteiger partial charge in [0.25, 0.3) is 0 Å². The van der Waals surface area contributed by atoms with Gasteiger partial charge in [-0.2, -0.15) is 4.98 Å². The average Bonchev–Trinajstić information content (AvgIpc) is 2.99. The van der Waals surface area contributed by atoms with Crippen molar-refractivity contribution in [1.82, 2.24) is 19.8 Å². The van der Waals surface area contributed by atoms with Crippen molar-refractivity contribution >= 4 is 50.3 Å². The van der Waals surface area contributed by atoms with Crippen LogP contribution in [0.1, 0.15) is 30.8 Å². The van der Waals surface area contributed by atoms with Gasteiger partial charge in [0.05, 0.1) is 38.9 Å². The van der Waals surface area contributed by atoms with Crippen LogP contribution in [-0.2, 0) is 9.84 Å². The lowest BCUT2D eigenvalue weighted by molar-refractivity contribution is 0.0982. The molecule has 2 aromatic carbocycles. The Morgan fingerprint density at radius 2 is 1.76 bits per heavy atom. The van der Waals surface area contributed by atoms with Crippen LogP contribution in [0.4, 0.5) is 28.8 Å². The van der Waals surface area contributed by atoms with Crippen LogP contribution in [0.5, 0.6) is 5.75 Å². The summed E-state index contributed by atoms with van der Waals surface area (Å²) >= 11 is 6.40. The average molecular weight is 617 g/mol. The lowest BCUT2D eigenvalue weighted by atomic mass is 10.0. The number of para-hydroxylation sites is 1. The zero-order valence-corrected chi connectivity index (χ0v) is 25.7. The molecule has 0 spiro atoms. The van der Waals surface area contributed by atoms with Gasteiger partial charge in [-0.15, -0.1) is 0 Å². The molecule has 0 aliphatic carbocycles. The molecule has 10 nitrogen and oxygen atoms in total. The van der Waals surface area contributed by atoms with E-state index in [1.807, 2.05) is 6.07 Å². The molecular formula is C30H40ClN7O3S. The molecule has 3 heterocycles. The topological polar surface area (TPSA) is 103 Å². The van der Waals surface area contributed by atoms with Gasteiger partial charge in [0, 0.05) is 57.1 Å². The maximum Gasteiger partial charge on any atom is 0.229 e. The van der Waals surface area contributed by atoms with Gasteiger partial charge in [0.15, 0.2) is 15.7 Å². The van der Waals surface area contributed by atoms with E-state index in [9.17, 15) is 8.42 Å². The predicted molar refractivity (Wildman–Crippen MR) is 170 cm³/mol. The minimum absolute atomic E-state index is 0.113. The molecule has 2 fully saturated rings. The fourth-order valence-corrected chi connectivity index (χ4v) is 6.75. The molecule has 0 saturated carbocycles. The molecule has 2 saturated heterocycles. The minimum atomic E-state index is -3.59. The van der Waals surface area contributed by atoms with Crippen molar-refractivity contribution in [3.63, 3.8) is 0 Å². The molecule has 5 rings (SSSR count). The molecule has 2 aliphatic heterocycles. The lowest BCUT2D eigenvalue weighted by Crippen LogP contribution is -2.52. The number of aromatic nitrogens is 2. The number of nitrogens with zero attached hydrogens (tertiary/aromatic N) is 5. The molecule has 12 heteroatoms. The maximum absolute atomic E-state index is 12.9. The number of rotatable bonds is 9. The number of benzene rings is 2. The minimum Gasteiger partial charge on any atom is -0.494 e. The van der Waals surface area contributed by atoms with Gasteiger partial charge in [-0.05, 0) is 58.0 Å². The Kier molecular flexibility index (Phi) is 8.22. The first-order chi connectivity index (χ1) is 21.3. The number of piperazine rings is 1. The van der Waals surface area contributed by atoms with Gasteiger partial charge in [-0.3, -0.25) is 4.90 Å². The number of likely N-dealkylation sites (N-methyl/N-ethyl adjacent to an activating group) is 1. The van der Waals surface area contributed by atoms with Crippen LogP contribution in [0.3, 0.4) is 0 Å². The normalized spacial score (nSPS) is 18.8. The number of anilines is 5. The van der Waals surface area contributed by atoms with Crippen molar-refractivity contribution in [3.05, 3.63) is 53.7 Å². The van der Waals surface area contributed by atoms with Gasteiger partial charge < -0.3 is 25.2 Å². The quantitative estimate of drug-likeness (QED) is 0.340. The summed E-state index contributed by atoms with van der Waals surface area (Å²) in [4.78, 5) is 16.1. The van der Waals surface area contributed by atoms with Gasteiger partial charge in [0.1, 0.15) is 10.8 Å². The highest BCUT2D eigenvalue weighted by Gasteiger charge is 2.27. The van der Waals surface area contributed by atoms with Gasteiger partial charge in [0.2, 0.25) is 5.95 Å². The molecule has 0 atom stereocenters. The smallest absolute Gasteiger partial charge is 0.229 e. The second-order valence-electron chi connectivity index (χ2n) is 11.1. The molecule has 2 N–H and O–H groups in total. The first-order valence-corrected chi connectivity index (χ1v) is 16.1. The lowest BCUT2D eigenvalue weighted by Gasteiger charge is -2.42. The SMILES string of the molecule is [2H]C([2H])([2H])Oc1cc(N2CCC(N3CCN(C)CC3)CC2)ccc1Nc1ncc(Cl)c(Nc2ccccc2S(=O)(=O)C(C)C)n1. The zero-order valence-electron chi connectivity index (χ0n) is 27.2. The molecule has 0 radical (unpaired) electrons. The second kappa shape index (κ2) is 13.0. The molecule has 3 aromatic rings. The number of sulfone groups is 1. The number of halogens is 1. The summed E-state index contributed by atoms with van der Waals surface area (Å²) < 4.78 is 54.6. The number of methoxy groups -OCH3 is 1. The molecule has 0 bridgehead atoms. The van der Waals surface area contributed by atoms with E-state index in [1.165, 1.54) is 12.3 Å². The fourth-order valence-electron chi connectivity index (χ4n) is 5.41. The van der Waals surface area contributed by atoms with Crippen molar-refractivity contribution in [3.8, 4) is 5.75 Å². The van der Waals surface area contributed by atoms with Crippen molar-refractivity contribution in [2.24, 2.45) is 0 Å². The van der Waals surface area contributed by atoms with Crippen LogP contribution in [0.2, 0.25) is 5.02 Å². The van der Waals surface area contributed by atoms with Crippen molar-refractivity contribution in [2.75, 3.05) is 68.9 Å². The standard InChI is InChI=1S/C30H40ClN7O3S/c1-21(2)42(39,40)28-8-6-5-7-26(28)33-29-24(31)20-32-30(35-29)34-25-10-9-23(19-27(25)41-4)37-13-11-22(12-14-37)38-17-15-36(3)16-18-38/h5-10,19-22H,11-18H2,1-4H3,(H2,32,33,34,35)/i4D3. The Morgan fingerprint density at radius 3 is 2.48 bits per heavy atom. The molecule has 1 aromatic heterocycles. The predicted octanol–water partition coefficient (Wildman–Crippen LogP) is 5.02. The summed E-state index contributed by atoms with van der Waals surface area (Å²) in [6.45, 7) is 9.32. The molecular weight excluding hydrogens is 574 g/mol. The third-order valence-electron chi connectivity index (χ3n) is 8.02. The highest BCUT2D eigenvalue weighted by molar-refractivity contribution is 7.92. The van der Waals surface area contributed by atoms with Crippen LogP contribution >= 0.6 is 11.6 Å². The van der Waals surface area contributed by atoms with E-state index in [-0.39, 0.29) is 27.4 Å². The highest BCUT2D eigenvalue weighted by Crippen LogP contribution is 2.35. The first-order valence-electron chi connectivity index (χ1n) is 15.7. The first kappa shape index (κ1) is 26.5. The van der Waals surface area contributed by atoms with E-state index in [2.05, 4.69) is 42.3 Å². The Bertz CT molecular complexity index is 1590. The summed E-state index contributed by atoms with van der Waals surface area (Å²) in [5, 5.41) is 5.63. The van der Waals surface area contributed by atoms with E-state index in [4.69, 9.17) is 20.5 Å². The third kappa shape index (κ3) is 6.75. The number of piperidine rings is 1. The molecule has 0 amide bonds. The van der Waals surface area contributed by atoms with Crippen molar-refractivity contribution in [1.29, 1.82) is 0 Å². The van der Waals surface area contributed by atoms with Crippen LogP contribution < -0.4 is 20.3 Å². The monoisotopic (exact) mass is 616 g/mol. The molecule has 226 valence electrons. The van der Waals surface area contributed by atoms with Gasteiger partial charge >= 0.3 is 0 Å². The van der Waals surface area contributed by atoms with Crippen LogP contribution in [0.15, 0.2) is 53.6 Å². The number of hydrogen-bond acceptors (Lipinski definition) is 10. The van der Waals surface area contributed by atoms with E-state index in [1.54, 1.807) is 44.2 Å². The van der Waals surface area contributed by atoms with Crippen molar-refractivity contribution in [2.45, 2.75) is 42.9 Å². The van der Waals surface area contributed by atoms with Crippen molar-refractivity contribution < 1.29 is 17.3 Å². The summed E-state index contributed by atoms with van der Waals surface area (Å²) in [6.07, 6.45) is 3.45. The highest BCUT2D eigenvalue weighted by atomic mass is 35.5. The molecule has 42 heavy (non-hydrogen) atoms. The Morgan fingerprint density at radius 1 is 1.02 bits per heavy atom. The van der Waals surface area contributed by atoms with E-state index in [0.717, 1.165) is 57.8 Å². The summed E-state index contributed by atoms with van der Waals surface area (Å²) in [6, 6.07) is 12.5. The third-order valence-corrected chi connectivity index (χ3v) is 10.5. The summed E-state index contributed by atoms with van der Waals surface area (Å²) in [5.41, 5.74) is 1.56. The number of hydrogen-bond donors (Lipinski definition) is 2. The largest absolute Gasteiger partial charge is 0.494 e. The van der Waals surface area contributed by atoms with Gasteiger partial charge in [-0.1, -0.05) is 23.7 Å². The van der Waals surface area contributed by atoms with Crippen LogP contribution in [0.25, 0.3) is 0 Å². The Balaban J connectivity index is 1.34. The second-order valence-corrected chi connectivity index (χ2v) is 13.9. The molecule has 2 aliphatic rings. The Labute approximate surface area is 258 Å². The van der Waals surface area contributed by atoms with Crippen LogP contribution in [-0.4, -0.2) is 92.8 Å². The number of ether oxygens (including phenoxy) is 1. The van der Waals surface area contributed by atoms with E-state index >= 15 is 0 Å².